The van der Waals surface area contributed by atoms with Gasteiger partial charge < -0.3 is 9.64 Å². The third kappa shape index (κ3) is 4.95. The molecule has 4 heteroatoms. The largest absolute Gasteiger partial charge is 0.484 e. The maximum atomic E-state index is 11.9. The number of nitrogens with zero attached hydrogens (tertiary/aromatic N) is 1. The highest BCUT2D eigenvalue weighted by atomic mass is 16.5. The SMILES string of the molecule is C=C(C)CN(CC)C(=O)COc1cccc(C=O)c1. The Morgan fingerprint density at radius 2 is 2.21 bits per heavy atom. The standard InChI is InChI=1S/C15H19NO3/c1-4-16(9-12(2)3)15(18)11-19-14-7-5-6-13(8-14)10-17/h5-8,10H,2,4,9,11H2,1,3H3. The van der Waals surface area contributed by atoms with Crippen LogP contribution in [-0.2, 0) is 4.79 Å². The van der Waals surface area contributed by atoms with Crippen LogP contribution >= 0.6 is 0 Å². The summed E-state index contributed by atoms with van der Waals surface area (Å²) in [4.78, 5) is 24.2. The van der Waals surface area contributed by atoms with Gasteiger partial charge in [0.2, 0.25) is 0 Å². The van der Waals surface area contributed by atoms with Gasteiger partial charge in [-0.05, 0) is 26.0 Å². The minimum Gasteiger partial charge on any atom is -0.484 e. The maximum absolute atomic E-state index is 11.9. The van der Waals surface area contributed by atoms with E-state index in [9.17, 15) is 9.59 Å². The topological polar surface area (TPSA) is 46.6 Å². The fourth-order valence-electron chi connectivity index (χ4n) is 1.62. The molecule has 102 valence electrons. The van der Waals surface area contributed by atoms with Crippen LogP contribution in [0, 0.1) is 0 Å². The molecule has 0 atom stereocenters. The lowest BCUT2D eigenvalue weighted by Gasteiger charge is -2.21. The zero-order valence-corrected chi connectivity index (χ0v) is 11.4. The van der Waals surface area contributed by atoms with Crippen molar-refractivity contribution in [1.82, 2.24) is 4.90 Å². The smallest absolute Gasteiger partial charge is 0.260 e. The molecule has 0 heterocycles. The molecule has 0 unspecified atom stereocenters. The lowest BCUT2D eigenvalue weighted by Crippen LogP contribution is -2.35. The first-order valence-corrected chi connectivity index (χ1v) is 6.17. The van der Waals surface area contributed by atoms with E-state index in [1.54, 1.807) is 29.2 Å². The van der Waals surface area contributed by atoms with Crippen molar-refractivity contribution in [2.24, 2.45) is 0 Å². The van der Waals surface area contributed by atoms with Crippen molar-refractivity contribution in [3.8, 4) is 5.75 Å². The molecule has 0 aliphatic rings. The van der Waals surface area contributed by atoms with Gasteiger partial charge in [-0.25, -0.2) is 0 Å². The van der Waals surface area contributed by atoms with Crippen molar-refractivity contribution >= 4 is 12.2 Å². The normalized spacial score (nSPS) is 9.79. The molecule has 1 amide bonds. The van der Waals surface area contributed by atoms with E-state index in [0.717, 1.165) is 11.9 Å². The monoisotopic (exact) mass is 261 g/mol. The van der Waals surface area contributed by atoms with Crippen LogP contribution in [0.15, 0.2) is 36.4 Å². The molecule has 0 aliphatic heterocycles. The van der Waals surface area contributed by atoms with E-state index in [2.05, 4.69) is 6.58 Å². The lowest BCUT2D eigenvalue weighted by molar-refractivity contribution is -0.132. The number of amides is 1. The van der Waals surface area contributed by atoms with Crippen molar-refractivity contribution in [1.29, 1.82) is 0 Å². The second kappa shape index (κ2) is 7.36. The Morgan fingerprint density at radius 1 is 1.47 bits per heavy atom. The van der Waals surface area contributed by atoms with E-state index >= 15 is 0 Å². The maximum Gasteiger partial charge on any atom is 0.260 e. The molecule has 0 saturated carbocycles. The summed E-state index contributed by atoms with van der Waals surface area (Å²) >= 11 is 0. The Labute approximate surface area is 113 Å². The highest BCUT2D eigenvalue weighted by molar-refractivity contribution is 5.78. The molecule has 0 bridgehead atoms. The summed E-state index contributed by atoms with van der Waals surface area (Å²) in [6.45, 7) is 8.69. The minimum atomic E-state index is -0.0954. The molecule has 1 aromatic carbocycles. The second-order valence-electron chi connectivity index (χ2n) is 4.34. The first kappa shape index (κ1) is 15.0. The number of hydrogen-bond donors (Lipinski definition) is 0. The summed E-state index contributed by atoms with van der Waals surface area (Å²) in [6, 6.07) is 6.72. The summed E-state index contributed by atoms with van der Waals surface area (Å²) in [5.41, 5.74) is 1.46. The number of carbonyl (C=O) groups excluding carboxylic acids is 2. The number of rotatable bonds is 7. The van der Waals surface area contributed by atoms with Gasteiger partial charge in [0, 0.05) is 18.7 Å². The van der Waals surface area contributed by atoms with Crippen molar-refractivity contribution in [3.63, 3.8) is 0 Å². The zero-order chi connectivity index (χ0) is 14.3. The first-order chi connectivity index (χ1) is 9.06. The van der Waals surface area contributed by atoms with Gasteiger partial charge >= 0.3 is 0 Å². The van der Waals surface area contributed by atoms with E-state index in [0.29, 0.717) is 24.4 Å². The van der Waals surface area contributed by atoms with Gasteiger partial charge in [0.05, 0.1) is 0 Å². The van der Waals surface area contributed by atoms with E-state index in [4.69, 9.17) is 4.74 Å². The molecule has 0 saturated heterocycles. The number of ether oxygens (including phenoxy) is 1. The van der Waals surface area contributed by atoms with E-state index in [1.807, 2.05) is 13.8 Å². The minimum absolute atomic E-state index is 0.0383. The van der Waals surface area contributed by atoms with Crippen LogP contribution in [0.3, 0.4) is 0 Å². The van der Waals surface area contributed by atoms with Crippen LogP contribution in [0.25, 0.3) is 0 Å². The summed E-state index contributed by atoms with van der Waals surface area (Å²) in [7, 11) is 0. The molecule has 0 radical (unpaired) electrons. The molecule has 0 fully saturated rings. The highest BCUT2D eigenvalue weighted by Crippen LogP contribution is 2.12. The van der Waals surface area contributed by atoms with Gasteiger partial charge in [-0.2, -0.15) is 0 Å². The molecule has 1 rings (SSSR count). The predicted octanol–water partition coefficient (Wildman–Crippen LogP) is 2.30. The predicted molar refractivity (Wildman–Crippen MR) is 74.4 cm³/mol. The van der Waals surface area contributed by atoms with Gasteiger partial charge in [-0.15, -0.1) is 0 Å². The Balaban J connectivity index is 2.57. The van der Waals surface area contributed by atoms with Crippen molar-refractivity contribution in [3.05, 3.63) is 42.0 Å². The summed E-state index contributed by atoms with van der Waals surface area (Å²) < 4.78 is 5.39. The average molecular weight is 261 g/mol. The van der Waals surface area contributed by atoms with Crippen LogP contribution in [0.5, 0.6) is 5.75 Å². The van der Waals surface area contributed by atoms with E-state index in [1.165, 1.54) is 0 Å². The van der Waals surface area contributed by atoms with Gasteiger partial charge in [-0.3, -0.25) is 9.59 Å². The van der Waals surface area contributed by atoms with Crippen molar-refractivity contribution < 1.29 is 14.3 Å². The van der Waals surface area contributed by atoms with Crippen LogP contribution in [-0.4, -0.2) is 36.8 Å². The Kier molecular flexibility index (Phi) is 5.79. The molecule has 0 spiro atoms. The molecule has 0 aliphatic carbocycles. The lowest BCUT2D eigenvalue weighted by atomic mass is 10.2. The highest BCUT2D eigenvalue weighted by Gasteiger charge is 2.12. The van der Waals surface area contributed by atoms with Crippen LogP contribution in [0.2, 0.25) is 0 Å². The van der Waals surface area contributed by atoms with Gasteiger partial charge in [0.15, 0.2) is 6.61 Å². The molecule has 19 heavy (non-hydrogen) atoms. The number of benzene rings is 1. The van der Waals surface area contributed by atoms with E-state index < -0.39 is 0 Å². The fourth-order valence-corrected chi connectivity index (χ4v) is 1.62. The van der Waals surface area contributed by atoms with Crippen LogP contribution in [0.4, 0.5) is 0 Å². The Bertz CT molecular complexity index is 468. The van der Waals surface area contributed by atoms with Crippen LogP contribution < -0.4 is 4.74 Å². The van der Waals surface area contributed by atoms with Gasteiger partial charge in [-0.1, -0.05) is 24.3 Å². The molecular formula is C15H19NO3. The number of hydrogen-bond acceptors (Lipinski definition) is 3. The molecule has 0 aromatic heterocycles. The number of carbonyl (C=O) groups is 2. The first-order valence-electron chi connectivity index (χ1n) is 6.17. The Morgan fingerprint density at radius 3 is 2.79 bits per heavy atom. The Hall–Kier alpha value is -2.10. The number of aldehydes is 1. The fraction of sp³-hybridized carbons (Fsp3) is 0.333. The van der Waals surface area contributed by atoms with Crippen LogP contribution in [0.1, 0.15) is 24.2 Å². The quantitative estimate of drug-likeness (QED) is 0.559. The zero-order valence-electron chi connectivity index (χ0n) is 11.4. The van der Waals surface area contributed by atoms with Gasteiger partial charge in [0.1, 0.15) is 12.0 Å². The molecular weight excluding hydrogens is 242 g/mol. The molecule has 1 aromatic rings. The third-order valence-electron chi connectivity index (χ3n) is 2.55. The summed E-state index contributed by atoms with van der Waals surface area (Å²) in [5.74, 6) is 0.423. The summed E-state index contributed by atoms with van der Waals surface area (Å²) in [6.07, 6.45) is 0.744. The average Bonchev–Trinajstić information content (AvgIpc) is 2.42. The molecule has 0 N–H and O–H groups in total. The number of likely N-dealkylation sites (N-methyl/N-ethyl adjacent to an activating group) is 1. The van der Waals surface area contributed by atoms with Crippen molar-refractivity contribution in [2.45, 2.75) is 13.8 Å². The van der Waals surface area contributed by atoms with E-state index in [-0.39, 0.29) is 12.5 Å². The van der Waals surface area contributed by atoms with Gasteiger partial charge in [0.25, 0.3) is 5.91 Å². The van der Waals surface area contributed by atoms with Crippen molar-refractivity contribution in [2.75, 3.05) is 19.7 Å². The third-order valence-corrected chi connectivity index (χ3v) is 2.55. The molecule has 4 nitrogen and oxygen atoms in total. The second-order valence-corrected chi connectivity index (χ2v) is 4.34. The summed E-state index contributed by atoms with van der Waals surface area (Å²) in [5, 5.41) is 0.